The number of piperidine rings is 1. The minimum absolute atomic E-state index is 0.0677. The third-order valence-corrected chi connectivity index (χ3v) is 6.72. The number of ether oxygens (including phenoxy) is 1. The highest BCUT2D eigenvalue weighted by molar-refractivity contribution is 5.72. The molecule has 2 rings (SSSR count). The summed E-state index contributed by atoms with van der Waals surface area (Å²) in [7, 11) is 0. The summed E-state index contributed by atoms with van der Waals surface area (Å²) in [5, 5.41) is 15.2. The maximum absolute atomic E-state index is 12.9. The number of carbonyl (C=O) groups excluding carboxylic acids is 1. The normalized spacial score (nSPS) is 31.6. The van der Waals surface area contributed by atoms with Gasteiger partial charge in [-0.15, -0.1) is 0 Å². The van der Waals surface area contributed by atoms with Crippen LogP contribution in [0.15, 0.2) is 23.3 Å². The number of cyclic esters (lactones) is 1. The molecule has 0 bridgehead atoms. The maximum atomic E-state index is 12.9. The highest BCUT2D eigenvalue weighted by atomic mass is 16.6. The van der Waals surface area contributed by atoms with Crippen LogP contribution < -0.4 is 5.32 Å². The molecule has 0 spiro atoms. The van der Waals surface area contributed by atoms with E-state index >= 15 is 0 Å². The van der Waals surface area contributed by atoms with Gasteiger partial charge in [0.2, 0.25) is 0 Å². The first-order chi connectivity index (χ1) is 13.6. The van der Waals surface area contributed by atoms with Crippen molar-refractivity contribution in [3.63, 3.8) is 0 Å². The molecule has 2 atom stereocenters. The second-order valence-corrected chi connectivity index (χ2v) is 11.4. The van der Waals surface area contributed by atoms with Crippen LogP contribution in [0.25, 0.3) is 0 Å². The van der Waals surface area contributed by atoms with Crippen molar-refractivity contribution >= 4 is 6.09 Å². The minimum Gasteiger partial charge on any atom is -0.438 e. The molecule has 30 heavy (non-hydrogen) atoms. The molecule has 0 aromatic carbocycles. The molecule has 5 nitrogen and oxygen atoms in total. The van der Waals surface area contributed by atoms with Crippen LogP contribution in [0, 0.1) is 0 Å². The molecule has 2 aliphatic rings. The number of nitrogens with one attached hydrogen (secondary N) is 1. The molecular weight excluding hydrogens is 376 g/mol. The van der Waals surface area contributed by atoms with Crippen LogP contribution in [0.4, 0.5) is 4.79 Å². The Labute approximate surface area is 183 Å². The van der Waals surface area contributed by atoms with Gasteiger partial charge in [0.15, 0.2) is 11.3 Å². The molecule has 2 aliphatic heterocycles. The van der Waals surface area contributed by atoms with Gasteiger partial charge < -0.3 is 15.2 Å². The predicted octanol–water partition coefficient (Wildman–Crippen LogP) is 5.69. The zero-order valence-corrected chi connectivity index (χ0v) is 20.7. The molecule has 2 saturated heterocycles. The Balaban J connectivity index is 2.10. The lowest BCUT2D eigenvalue weighted by molar-refractivity contribution is -0.154. The summed E-state index contributed by atoms with van der Waals surface area (Å²) < 4.78 is 5.84. The fraction of sp³-hybridized carbons (Fsp3) is 0.800. The first kappa shape index (κ1) is 24.9. The average molecular weight is 421 g/mol. The van der Waals surface area contributed by atoms with Crippen molar-refractivity contribution in [1.29, 1.82) is 0 Å². The lowest BCUT2D eigenvalue weighted by atomic mass is 9.77. The minimum atomic E-state index is -1.35. The molecular formula is C25H44N2O3. The monoisotopic (exact) mass is 420 g/mol. The largest absolute Gasteiger partial charge is 0.438 e. The van der Waals surface area contributed by atoms with Crippen LogP contribution in [0.1, 0.15) is 101 Å². The molecule has 1 amide bonds. The van der Waals surface area contributed by atoms with Gasteiger partial charge in [0, 0.05) is 17.1 Å². The van der Waals surface area contributed by atoms with E-state index in [9.17, 15) is 9.90 Å². The molecule has 0 aromatic rings. The summed E-state index contributed by atoms with van der Waals surface area (Å²) in [6.45, 7) is 18.6. The average Bonchev–Trinajstić information content (AvgIpc) is 2.68. The predicted molar refractivity (Wildman–Crippen MR) is 123 cm³/mol. The summed E-state index contributed by atoms with van der Waals surface area (Å²) in [5.41, 5.74) is 0.161. The van der Waals surface area contributed by atoms with E-state index in [2.05, 4.69) is 65.9 Å². The van der Waals surface area contributed by atoms with Gasteiger partial charge in [-0.1, -0.05) is 23.3 Å². The van der Waals surface area contributed by atoms with Crippen molar-refractivity contribution in [1.82, 2.24) is 10.2 Å². The quantitative estimate of drug-likeness (QED) is 0.520. The summed E-state index contributed by atoms with van der Waals surface area (Å²) in [6.07, 6.45) is 9.08. The Kier molecular flexibility index (Phi) is 7.20. The highest BCUT2D eigenvalue weighted by Gasteiger charge is 2.61. The van der Waals surface area contributed by atoms with E-state index in [0.29, 0.717) is 6.42 Å². The van der Waals surface area contributed by atoms with Crippen molar-refractivity contribution in [2.24, 2.45) is 0 Å². The van der Waals surface area contributed by atoms with Gasteiger partial charge in [0.25, 0.3) is 0 Å². The van der Waals surface area contributed by atoms with Crippen LogP contribution in [0.3, 0.4) is 0 Å². The standard InChI is InChI=1S/C25H44N2O3/c1-18(2)12-10-13-19(3)14-11-15-24(8)25(9,29)27(21(28)30-24)20-16-22(4,5)26-23(6,7)17-20/h12,14,20,26,29H,10-11,13,15-17H2,1-9H3/b19-14+. The molecule has 0 aliphatic carbocycles. The Morgan fingerprint density at radius 1 is 1.07 bits per heavy atom. The SMILES string of the molecule is CC(C)=CCC/C(C)=C/CCC1(C)OC(=O)N(C2CC(C)(C)NC(C)(C)C2)C1(C)O. The van der Waals surface area contributed by atoms with Gasteiger partial charge in [0.05, 0.1) is 0 Å². The number of rotatable bonds is 7. The molecule has 2 heterocycles. The van der Waals surface area contributed by atoms with Gasteiger partial charge in [-0.25, -0.2) is 4.79 Å². The zero-order valence-electron chi connectivity index (χ0n) is 20.7. The van der Waals surface area contributed by atoms with E-state index in [1.165, 1.54) is 11.1 Å². The van der Waals surface area contributed by atoms with Crippen molar-refractivity contribution in [2.45, 2.75) is 129 Å². The van der Waals surface area contributed by atoms with E-state index in [0.717, 1.165) is 32.1 Å². The Morgan fingerprint density at radius 2 is 1.63 bits per heavy atom. The van der Waals surface area contributed by atoms with E-state index in [1.807, 2.05) is 6.92 Å². The van der Waals surface area contributed by atoms with Crippen molar-refractivity contribution in [3.05, 3.63) is 23.3 Å². The van der Waals surface area contributed by atoms with Crippen LogP contribution in [0.2, 0.25) is 0 Å². The summed E-state index contributed by atoms with van der Waals surface area (Å²) in [5.74, 6) is 0. The Morgan fingerprint density at radius 3 is 2.17 bits per heavy atom. The number of amides is 1. The third-order valence-electron chi connectivity index (χ3n) is 6.72. The lowest BCUT2D eigenvalue weighted by Crippen LogP contribution is -2.66. The fourth-order valence-corrected chi connectivity index (χ4v) is 5.30. The molecule has 5 heteroatoms. The molecule has 2 unspecified atom stereocenters. The van der Waals surface area contributed by atoms with E-state index < -0.39 is 17.4 Å². The Hall–Kier alpha value is -1.33. The first-order valence-electron chi connectivity index (χ1n) is 11.4. The van der Waals surface area contributed by atoms with E-state index in [-0.39, 0.29) is 17.1 Å². The van der Waals surface area contributed by atoms with E-state index in [1.54, 1.807) is 11.8 Å². The van der Waals surface area contributed by atoms with Crippen molar-refractivity contribution in [2.75, 3.05) is 0 Å². The van der Waals surface area contributed by atoms with Gasteiger partial charge in [-0.3, -0.25) is 4.90 Å². The third kappa shape index (κ3) is 5.67. The number of carbonyl (C=O) groups is 1. The van der Waals surface area contributed by atoms with Gasteiger partial charge >= 0.3 is 6.09 Å². The van der Waals surface area contributed by atoms with Crippen LogP contribution in [-0.2, 0) is 4.74 Å². The van der Waals surface area contributed by atoms with Crippen molar-refractivity contribution < 1.29 is 14.6 Å². The number of allylic oxidation sites excluding steroid dienone is 4. The summed E-state index contributed by atoms with van der Waals surface area (Å²) in [4.78, 5) is 14.5. The molecule has 0 aromatic heterocycles. The van der Waals surface area contributed by atoms with Gasteiger partial charge in [0.1, 0.15) is 0 Å². The van der Waals surface area contributed by atoms with Crippen LogP contribution in [-0.4, -0.2) is 44.5 Å². The maximum Gasteiger partial charge on any atom is 0.413 e. The highest BCUT2D eigenvalue weighted by Crippen LogP contribution is 2.45. The molecule has 172 valence electrons. The fourth-order valence-electron chi connectivity index (χ4n) is 5.30. The zero-order chi connectivity index (χ0) is 23.0. The van der Waals surface area contributed by atoms with Crippen LogP contribution >= 0.6 is 0 Å². The van der Waals surface area contributed by atoms with E-state index in [4.69, 9.17) is 4.74 Å². The summed E-state index contributed by atoms with van der Waals surface area (Å²) in [6, 6.07) is -0.0677. The second-order valence-electron chi connectivity index (χ2n) is 11.4. The summed E-state index contributed by atoms with van der Waals surface area (Å²) >= 11 is 0. The topological polar surface area (TPSA) is 61.8 Å². The molecule has 2 fully saturated rings. The molecule has 0 radical (unpaired) electrons. The van der Waals surface area contributed by atoms with Gasteiger partial charge in [-0.05, 0) is 101 Å². The second kappa shape index (κ2) is 8.66. The number of aliphatic hydroxyl groups is 1. The molecule has 2 N–H and O–H groups in total. The molecule has 0 saturated carbocycles. The number of hydrogen-bond donors (Lipinski definition) is 2. The first-order valence-corrected chi connectivity index (χ1v) is 11.4. The van der Waals surface area contributed by atoms with Crippen LogP contribution in [0.5, 0.6) is 0 Å². The number of hydrogen-bond acceptors (Lipinski definition) is 4. The van der Waals surface area contributed by atoms with Gasteiger partial charge in [-0.2, -0.15) is 0 Å². The Bertz CT molecular complexity index is 685. The lowest BCUT2D eigenvalue weighted by Gasteiger charge is -2.51. The smallest absolute Gasteiger partial charge is 0.413 e. The number of nitrogens with zero attached hydrogens (tertiary/aromatic N) is 1. The van der Waals surface area contributed by atoms with Crippen molar-refractivity contribution in [3.8, 4) is 0 Å².